The Balaban J connectivity index is 1.97. The second-order valence-electron chi connectivity index (χ2n) is 7.26. The van der Waals surface area contributed by atoms with Gasteiger partial charge >= 0.3 is 11.9 Å². The van der Waals surface area contributed by atoms with Crippen molar-refractivity contribution < 1.29 is 28.9 Å². The highest BCUT2D eigenvalue weighted by Crippen LogP contribution is 2.50. The SMILES string of the molecule is CC(=O)O[C@@H]1C/C(C)=C/[C@@H](O)C[C@@]2(C)O[C@H]2[C@H]2OC(=O)[C@@H](C)[C@@H]21. The molecule has 6 heteroatoms. The van der Waals surface area contributed by atoms with E-state index in [0.29, 0.717) is 12.8 Å². The Bertz CT molecular complexity index is 555. The van der Waals surface area contributed by atoms with Crippen molar-refractivity contribution in [3.05, 3.63) is 11.6 Å². The van der Waals surface area contributed by atoms with E-state index in [9.17, 15) is 14.7 Å². The van der Waals surface area contributed by atoms with Gasteiger partial charge in [-0.15, -0.1) is 0 Å². The number of ether oxygens (including phenoxy) is 3. The van der Waals surface area contributed by atoms with Crippen LogP contribution in [0.15, 0.2) is 11.6 Å². The zero-order valence-corrected chi connectivity index (χ0v) is 13.9. The van der Waals surface area contributed by atoms with Gasteiger partial charge in [0.25, 0.3) is 0 Å². The first kappa shape index (κ1) is 16.5. The lowest BCUT2D eigenvalue weighted by Gasteiger charge is -2.29. The van der Waals surface area contributed by atoms with Gasteiger partial charge in [0.05, 0.1) is 17.6 Å². The first-order chi connectivity index (χ1) is 10.7. The molecule has 0 saturated carbocycles. The monoisotopic (exact) mass is 324 g/mol. The van der Waals surface area contributed by atoms with Crippen LogP contribution in [0, 0.1) is 11.8 Å². The van der Waals surface area contributed by atoms with Gasteiger partial charge < -0.3 is 19.3 Å². The van der Waals surface area contributed by atoms with Crippen LogP contribution in [0.3, 0.4) is 0 Å². The van der Waals surface area contributed by atoms with Crippen LogP contribution in [0.5, 0.6) is 0 Å². The van der Waals surface area contributed by atoms with Crippen molar-refractivity contribution in [3.8, 4) is 0 Å². The average Bonchev–Trinajstić information content (AvgIpc) is 2.96. The molecule has 0 spiro atoms. The minimum Gasteiger partial charge on any atom is -0.462 e. The van der Waals surface area contributed by atoms with Gasteiger partial charge in [0.15, 0.2) is 0 Å². The molecule has 23 heavy (non-hydrogen) atoms. The van der Waals surface area contributed by atoms with E-state index in [-0.39, 0.29) is 29.9 Å². The number of aliphatic hydroxyl groups excluding tert-OH is 1. The molecule has 7 atom stereocenters. The second kappa shape index (κ2) is 5.60. The molecule has 6 nitrogen and oxygen atoms in total. The summed E-state index contributed by atoms with van der Waals surface area (Å²) in [4.78, 5) is 23.6. The third-order valence-corrected chi connectivity index (χ3v) is 5.18. The lowest BCUT2D eigenvalue weighted by Crippen LogP contribution is -2.40. The highest BCUT2D eigenvalue weighted by molar-refractivity contribution is 5.75. The average molecular weight is 324 g/mol. The highest BCUT2D eigenvalue weighted by atomic mass is 16.7. The lowest BCUT2D eigenvalue weighted by molar-refractivity contribution is -0.151. The van der Waals surface area contributed by atoms with Gasteiger partial charge in [0.1, 0.15) is 18.3 Å². The fraction of sp³-hybridized carbons (Fsp3) is 0.765. The molecule has 1 aliphatic carbocycles. The molecule has 0 bridgehead atoms. The van der Waals surface area contributed by atoms with E-state index < -0.39 is 23.9 Å². The number of epoxide rings is 1. The summed E-state index contributed by atoms with van der Waals surface area (Å²) >= 11 is 0. The molecule has 2 aliphatic heterocycles. The van der Waals surface area contributed by atoms with E-state index in [1.807, 2.05) is 20.8 Å². The molecule has 0 aromatic carbocycles. The number of carbonyl (C=O) groups is 2. The van der Waals surface area contributed by atoms with E-state index >= 15 is 0 Å². The quantitative estimate of drug-likeness (QED) is 0.445. The fourth-order valence-corrected chi connectivity index (χ4v) is 4.05. The van der Waals surface area contributed by atoms with Crippen molar-refractivity contribution in [3.63, 3.8) is 0 Å². The van der Waals surface area contributed by atoms with Crippen LogP contribution in [0.2, 0.25) is 0 Å². The Morgan fingerprint density at radius 2 is 2.17 bits per heavy atom. The summed E-state index contributed by atoms with van der Waals surface area (Å²) in [6.45, 7) is 6.98. The summed E-state index contributed by atoms with van der Waals surface area (Å²) in [7, 11) is 0. The largest absolute Gasteiger partial charge is 0.462 e. The van der Waals surface area contributed by atoms with Crippen molar-refractivity contribution >= 4 is 11.9 Å². The Morgan fingerprint density at radius 1 is 1.48 bits per heavy atom. The number of hydrogen-bond donors (Lipinski definition) is 1. The maximum absolute atomic E-state index is 12.1. The second-order valence-corrected chi connectivity index (χ2v) is 7.26. The summed E-state index contributed by atoms with van der Waals surface area (Å²) in [5.41, 5.74) is 0.415. The number of esters is 2. The van der Waals surface area contributed by atoms with E-state index in [1.54, 1.807) is 6.08 Å². The molecule has 0 unspecified atom stereocenters. The predicted molar refractivity (Wildman–Crippen MR) is 80.4 cm³/mol. The van der Waals surface area contributed by atoms with Crippen molar-refractivity contribution in [1.82, 2.24) is 0 Å². The van der Waals surface area contributed by atoms with Gasteiger partial charge in [0, 0.05) is 25.7 Å². The molecule has 2 saturated heterocycles. The molecule has 2 fully saturated rings. The van der Waals surface area contributed by atoms with Crippen LogP contribution >= 0.6 is 0 Å². The first-order valence-electron chi connectivity index (χ1n) is 8.12. The number of carbonyl (C=O) groups excluding carboxylic acids is 2. The van der Waals surface area contributed by atoms with Crippen molar-refractivity contribution in [2.45, 2.75) is 70.6 Å². The summed E-state index contributed by atoms with van der Waals surface area (Å²) in [5.74, 6) is -1.26. The zero-order valence-electron chi connectivity index (χ0n) is 13.9. The van der Waals surface area contributed by atoms with E-state index in [2.05, 4.69) is 0 Å². The van der Waals surface area contributed by atoms with E-state index in [0.717, 1.165) is 5.57 Å². The third kappa shape index (κ3) is 3.02. The van der Waals surface area contributed by atoms with Gasteiger partial charge in [-0.25, -0.2) is 0 Å². The molecule has 0 aromatic rings. The molecule has 128 valence electrons. The molecule has 3 rings (SSSR count). The van der Waals surface area contributed by atoms with E-state index in [4.69, 9.17) is 14.2 Å². The van der Waals surface area contributed by atoms with Crippen LogP contribution in [0.1, 0.15) is 40.5 Å². The normalized spacial score (nSPS) is 48.4. The molecule has 0 radical (unpaired) electrons. The third-order valence-electron chi connectivity index (χ3n) is 5.18. The molecule has 0 aromatic heterocycles. The van der Waals surface area contributed by atoms with Crippen LogP contribution in [0.25, 0.3) is 0 Å². The highest BCUT2D eigenvalue weighted by Gasteiger charge is 2.64. The summed E-state index contributed by atoms with van der Waals surface area (Å²) in [6, 6.07) is 0. The van der Waals surface area contributed by atoms with Crippen LogP contribution in [-0.2, 0) is 23.8 Å². The van der Waals surface area contributed by atoms with Crippen LogP contribution in [0.4, 0.5) is 0 Å². The smallest absolute Gasteiger partial charge is 0.309 e. The van der Waals surface area contributed by atoms with Gasteiger partial charge in [0.2, 0.25) is 0 Å². The Kier molecular flexibility index (Phi) is 4.01. The van der Waals surface area contributed by atoms with Gasteiger partial charge in [-0.1, -0.05) is 18.6 Å². The maximum atomic E-state index is 12.1. The topological polar surface area (TPSA) is 85.4 Å². The number of hydrogen-bond acceptors (Lipinski definition) is 6. The zero-order chi connectivity index (χ0) is 16.9. The summed E-state index contributed by atoms with van der Waals surface area (Å²) in [6.07, 6.45) is 0.919. The minimum absolute atomic E-state index is 0.239. The van der Waals surface area contributed by atoms with Crippen LogP contribution < -0.4 is 0 Å². The summed E-state index contributed by atoms with van der Waals surface area (Å²) in [5, 5.41) is 10.2. The number of fused-ring (bicyclic) bond motifs is 3. The van der Waals surface area contributed by atoms with Crippen molar-refractivity contribution in [1.29, 1.82) is 0 Å². The molecule has 1 N–H and O–H groups in total. The Labute approximate surface area is 135 Å². The minimum atomic E-state index is -0.631. The molecule has 3 aliphatic rings. The number of rotatable bonds is 1. The lowest BCUT2D eigenvalue weighted by atomic mass is 9.79. The molecular formula is C17H24O6. The fourth-order valence-electron chi connectivity index (χ4n) is 4.05. The first-order valence-corrected chi connectivity index (χ1v) is 8.12. The Morgan fingerprint density at radius 3 is 2.83 bits per heavy atom. The van der Waals surface area contributed by atoms with E-state index in [1.165, 1.54) is 6.92 Å². The van der Waals surface area contributed by atoms with Gasteiger partial charge in [-0.05, 0) is 13.8 Å². The standard InChI is InChI=1S/C17H24O6/c1-8-5-11(19)7-17(4)15(23-17)14-13(9(2)16(20)22-14)12(6-8)21-10(3)18/h5,9,11-15,19H,6-7H2,1-4H3/b8-5+/t9-,11+,12+,13+,14-,15-,17+/m0/s1. The van der Waals surface area contributed by atoms with Gasteiger partial charge in [-0.3, -0.25) is 9.59 Å². The number of aliphatic hydroxyl groups is 1. The van der Waals surface area contributed by atoms with Crippen LogP contribution in [-0.4, -0.2) is 47.1 Å². The van der Waals surface area contributed by atoms with Gasteiger partial charge in [-0.2, -0.15) is 0 Å². The maximum Gasteiger partial charge on any atom is 0.309 e. The Hall–Kier alpha value is -1.40. The molecule has 2 heterocycles. The summed E-state index contributed by atoms with van der Waals surface area (Å²) < 4.78 is 16.9. The van der Waals surface area contributed by atoms with Crippen molar-refractivity contribution in [2.24, 2.45) is 11.8 Å². The predicted octanol–water partition coefficient (Wildman–Crippen LogP) is 1.35. The molecular weight excluding hydrogens is 300 g/mol. The van der Waals surface area contributed by atoms with Crippen molar-refractivity contribution in [2.75, 3.05) is 0 Å². The molecule has 0 amide bonds.